The molecule has 0 N–H and O–H groups in total. The lowest BCUT2D eigenvalue weighted by atomic mass is 10.2. The SMILES string of the molecule is CCCC(C(=O)S)N(C)[Si](C)(C)C. The molecule has 0 fully saturated rings. The number of nitrogens with zero attached hydrogens (tertiary/aromatic N) is 1. The normalized spacial score (nSPS) is 14.7. The fraction of sp³-hybridized carbons (Fsp3) is 0.889. The van der Waals surface area contributed by atoms with Gasteiger partial charge in [-0.15, -0.1) is 12.6 Å². The molecule has 0 radical (unpaired) electrons. The Labute approximate surface area is 88.2 Å². The molecule has 13 heavy (non-hydrogen) atoms. The summed E-state index contributed by atoms with van der Waals surface area (Å²) in [5, 5.41) is 0.00627. The number of thiol groups is 1. The van der Waals surface area contributed by atoms with Crippen molar-refractivity contribution >= 4 is 26.0 Å². The first-order valence-corrected chi connectivity index (χ1v) is 8.66. The topological polar surface area (TPSA) is 20.3 Å². The molecule has 0 amide bonds. The van der Waals surface area contributed by atoms with Crippen molar-refractivity contribution in [2.45, 2.75) is 45.4 Å². The van der Waals surface area contributed by atoms with Gasteiger partial charge in [0, 0.05) is 0 Å². The van der Waals surface area contributed by atoms with Gasteiger partial charge in [0.15, 0.2) is 0 Å². The van der Waals surface area contributed by atoms with Crippen LogP contribution < -0.4 is 0 Å². The van der Waals surface area contributed by atoms with E-state index in [4.69, 9.17) is 0 Å². The van der Waals surface area contributed by atoms with Crippen LogP contribution in [-0.4, -0.2) is 31.0 Å². The lowest BCUT2D eigenvalue weighted by molar-refractivity contribution is -0.114. The molecule has 0 aliphatic heterocycles. The molecule has 0 aromatic rings. The van der Waals surface area contributed by atoms with Gasteiger partial charge in [0.05, 0.1) is 6.04 Å². The highest BCUT2D eigenvalue weighted by atomic mass is 32.1. The quantitative estimate of drug-likeness (QED) is 0.566. The van der Waals surface area contributed by atoms with Gasteiger partial charge in [-0.25, -0.2) is 0 Å². The summed E-state index contributed by atoms with van der Waals surface area (Å²) in [5.74, 6) is 0. The van der Waals surface area contributed by atoms with Crippen LogP contribution in [0, 0.1) is 0 Å². The predicted molar refractivity (Wildman–Crippen MR) is 63.8 cm³/mol. The molecular weight excluding hydrogens is 198 g/mol. The number of rotatable bonds is 5. The van der Waals surface area contributed by atoms with Gasteiger partial charge in [0.2, 0.25) is 5.12 Å². The van der Waals surface area contributed by atoms with Crippen molar-refractivity contribution in [1.29, 1.82) is 0 Å². The fourth-order valence-electron chi connectivity index (χ4n) is 1.22. The minimum atomic E-state index is -1.36. The van der Waals surface area contributed by atoms with Crippen molar-refractivity contribution < 1.29 is 4.79 Å². The van der Waals surface area contributed by atoms with Crippen molar-refractivity contribution in [3.63, 3.8) is 0 Å². The zero-order valence-electron chi connectivity index (χ0n) is 9.29. The van der Waals surface area contributed by atoms with E-state index in [0.29, 0.717) is 0 Å². The van der Waals surface area contributed by atoms with Crippen LogP contribution in [0.15, 0.2) is 0 Å². The molecule has 0 aromatic carbocycles. The van der Waals surface area contributed by atoms with Crippen LogP contribution in [0.2, 0.25) is 19.6 Å². The Bertz CT molecular complexity index is 179. The van der Waals surface area contributed by atoms with E-state index in [2.05, 4.69) is 43.8 Å². The number of hydrogen-bond acceptors (Lipinski definition) is 2. The van der Waals surface area contributed by atoms with Crippen LogP contribution in [0.25, 0.3) is 0 Å². The van der Waals surface area contributed by atoms with Crippen molar-refractivity contribution in [2.75, 3.05) is 7.05 Å². The standard InChI is InChI=1S/C9H21NOSSi/c1-6-7-8(9(11)12)10(2)13(3,4)5/h8H,6-7H2,1-5H3,(H,11,12). The maximum atomic E-state index is 11.3. The lowest BCUT2D eigenvalue weighted by Gasteiger charge is -2.35. The smallest absolute Gasteiger partial charge is 0.202 e. The molecule has 0 rings (SSSR count). The zero-order valence-corrected chi connectivity index (χ0v) is 11.2. The molecule has 1 unspecified atom stereocenters. The second-order valence-electron chi connectivity index (χ2n) is 4.42. The van der Waals surface area contributed by atoms with Gasteiger partial charge in [-0.1, -0.05) is 33.0 Å². The van der Waals surface area contributed by atoms with E-state index in [9.17, 15) is 4.79 Å². The third-order valence-corrected chi connectivity index (χ3v) is 5.10. The molecule has 0 aliphatic carbocycles. The second-order valence-corrected chi connectivity index (χ2v) is 9.91. The Morgan fingerprint density at radius 1 is 1.46 bits per heavy atom. The zero-order chi connectivity index (χ0) is 10.6. The largest absolute Gasteiger partial charge is 0.317 e. The summed E-state index contributed by atoms with van der Waals surface area (Å²) < 4.78 is 2.23. The summed E-state index contributed by atoms with van der Waals surface area (Å²) in [4.78, 5) is 11.3. The maximum Gasteiger partial charge on any atom is 0.202 e. The summed E-state index contributed by atoms with van der Waals surface area (Å²) in [6.07, 6.45) is 1.95. The van der Waals surface area contributed by atoms with E-state index in [0.717, 1.165) is 12.8 Å². The average Bonchev–Trinajstić information content (AvgIpc) is 1.96. The first kappa shape index (κ1) is 13.2. The first-order valence-electron chi connectivity index (χ1n) is 4.76. The van der Waals surface area contributed by atoms with Gasteiger partial charge in [-0.05, 0) is 13.5 Å². The Balaban J connectivity index is 4.46. The van der Waals surface area contributed by atoms with Crippen LogP contribution in [0.3, 0.4) is 0 Å². The molecular formula is C9H21NOSSi. The molecule has 2 nitrogen and oxygen atoms in total. The van der Waals surface area contributed by atoms with E-state index in [1.54, 1.807) is 0 Å². The molecule has 0 heterocycles. The average molecular weight is 219 g/mol. The summed E-state index contributed by atoms with van der Waals surface area (Å²) >= 11 is 3.94. The molecule has 0 saturated heterocycles. The monoisotopic (exact) mass is 219 g/mol. The molecule has 0 saturated carbocycles. The van der Waals surface area contributed by atoms with E-state index >= 15 is 0 Å². The number of carbonyl (C=O) groups excluding carboxylic acids is 1. The Morgan fingerprint density at radius 3 is 2.15 bits per heavy atom. The van der Waals surface area contributed by atoms with Gasteiger partial charge in [-0.3, -0.25) is 4.79 Å². The van der Waals surface area contributed by atoms with Crippen molar-refractivity contribution in [3.8, 4) is 0 Å². The molecule has 4 heteroatoms. The van der Waals surface area contributed by atoms with Crippen LogP contribution in [-0.2, 0) is 4.79 Å². The molecule has 0 bridgehead atoms. The van der Waals surface area contributed by atoms with Crippen LogP contribution in [0.5, 0.6) is 0 Å². The second kappa shape index (κ2) is 5.17. The first-order chi connectivity index (χ1) is 5.80. The summed E-state index contributed by atoms with van der Waals surface area (Å²) in [6.45, 7) is 8.83. The lowest BCUT2D eigenvalue weighted by Crippen LogP contribution is -2.51. The highest BCUT2D eigenvalue weighted by molar-refractivity contribution is 7.96. The summed E-state index contributed by atoms with van der Waals surface area (Å²) in [5.41, 5.74) is 0. The van der Waals surface area contributed by atoms with Gasteiger partial charge in [-0.2, -0.15) is 0 Å². The van der Waals surface area contributed by atoms with E-state index in [1.165, 1.54) is 0 Å². The van der Waals surface area contributed by atoms with Crippen molar-refractivity contribution in [3.05, 3.63) is 0 Å². The van der Waals surface area contributed by atoms with Crippen LogP contribution >= 0.6 is 12.6 Å². The van der Waals surface area contributed by atoms with E-state index in [1.807, 2.05) is 7.05 Å². The maximum absolute atomic E-state index is 11.3. The number of hydrogen-bond donors (Lipinski definition) is 1. The van der Waals surface area contributed by atoms with Gasteiger partial charge >= 0.3 is 0 Å². The third-order valence-electron chi connectivity index (χ3n) is 2.37. The van der Waals surface area contributed by atoms with E-state index < -0.39 is 8.24 Å². The van der Waals surface area contributed by atoms with Crippen LogP contribution in [0.1, 0.15) is 19.8 Å². The van der Waals surface area contributed by atoms with E-state index in [-0.39, 0.29) is 11.2 Å². The van der Waals surface area contributed by atoms with Crippen LogP contribution in [0.4, 0.5) is 0 Å². The number of carbonyl (C=O) groups is 1. The third kappa shape index (κ3) is 4.29. The minimum absolute atomic E-state index is 0.00627. The fourth-order valence-corrected chi connectivity index (χ4v) is 2.82. The van der Waals surface area contributed by atoms with Crippen molar-refractivity contribution in [2.24, 2.45) is 0 Å². The molecule has 0 aliphatic rings. The Hall–Kier alpha value is 0.197. The predicted octanol–water partition coefficient (Wildman–Crippen LogP) is 2.38. The van der Waals surface area contributed by atoms with Gasteiger partial charge in [0.25, 0.3) is 0 Å². The minimum Gasteiger partial charge on any atom is -0.317 e. The summed E-state index contributed by atoms with van der Waals surface area (Å²) in [7, 11) is 0.682. The van der Waals surface area contributed by atoms with Gasteiger partial charge < -0.3 is 4.57 Å². The Morgan fingerprint density at radius 2 is 1.92 bits per heavy atom. The summed E-state index contributed by atoms with van der Waals surface area (Å²) in [6, 6.07) is 0.0139. The van der Waals surface area contributed by atoms with Gasteiger partial charge in [0.1, 0.15) is 8.24 Å². The van der Waals surface area contributed by atoms with Crippen molar-refractivity contribution in [1.82, 2.24) is 4.57 Å². The highest BCUT2D eigenvalue weighted by Gasteiger charge is 2.29. The highest BCUT2D eigenvalue weighted by Crippen LogP contribution is 2.16. The molecule has 0 spiro atoms. The molecule has 1 atom stereocenters. The molecule has 78 valence electrons. The number of likely N-dealkylation sites (N-methyl/N-ethyl adjacent to an activating group) is 1. The Kier molecular flexibility index (Phi) is 5.25. The molecule has 0 aromatic heterocycles.